The summed E-state index contributed by atoms with van der Waals surface area (Å²) in [4.78, 5) is 91.0. The monoisotopic (exact) mass is 1360 g/mol. The maximum Gasteiger partial charge on any atom is 0.488 e. The van der Waals surface area contributed by atoms with Gasteiger partial charge in [-0.2, -0.15) is 0 Å². The molecule has 544 valence electrons. The summed E-state index contributed by atoms with van der Waals surface area (Å²) in [5.74, 6) is -0.960. The van der Waals surface area contributed by atoms with E-state index in [1.165, 1.54) is 38.5 Å². The van der Waals surface area contributed by atoms with E-state index in [2.05, 4.69) is 52.7 Å². The van der Waals surface area contributed by atoms with Crippen LogP contribution in [0.15, 0.2) is 48.5 Å². The summed E-state index contributed by atoms with van der Waals surface area (Å²) in [6, 6.07) is 10.0. The molecule has 26 heteroatoms. The number of aliphatic hydroxyl groups is 1. The summed E-state index contributed by atoms with van der Waals surface area (Å²) >= 11 is 0. The lowest BCUT2D eigenvalue weighted by atomic mass is 9.44. The second kappa shape index (κ2) is 41.3. The zero-order valence-corrected chi connectivity index (χ0v) is 59.0. The number of carbonyl (C=O) groups excluding carboxylic acids is 4. The van der Waals surface area contributed by atoms with Crippen molar-refractivity contribution < 1.29 is 74.1 Å². The number of rotatable bonds is 42. The molecular weight excluding hydrogens is 1240 g/mol. The van der Waals surface area contributed by atoms with Crippen molar-refractivity contribution in [3.8, 4) is 0 Å². The number of likely N-dealkylation sites (N-methyl/N-ethyl adjacent to an activating group) is 2. The van der Waals surface area contributed by atoms with Crippen molar-refractivity contribution in [1.29, 1.82) is 0 Å². The number of fused-ring (bicyclic) bond motifs is 5. The first kappa shape index (κ1) is 82.1. The number of carbonyl (C=O) groups is 7. The van der Waals surface area contributed by atoms with Crippen LogP contribution < -0.4 is 48.6 Å². The zero-order chi connectivity index (χ0) is 71.4. The molecule has 0 aliphatic heterocycles. The Morgan fingerprint density at radius 1 is 0.557 bits per heavy atom. The Balaban J connectivity index is 0.000000459. The predicted octanol–water partition coefficient (Wildman–Crippen LogP) is 3.45. The minimum atomic E-state index is -1.56. The van der Waals surface area contributed by atoms with Gasteiger partial charge < -0.3 is 88.0 Å². The van der Waals surface area contributed by atoms with Crippen LogP contribution in [0.2, 0.25) is 0 Å². The van der Waals surface area contributed by atoms with E-state index in [9.17, 15) is 74.1 Å². The smallest absolute Gasteiger partial charge is 0.480 e. The second-order valence-electron chi connectivity index (χ2n) is 29.1. The highest BCUT2D eigenvalue weighted by atomic mass is 16.4. The van der Waals surface area contributed by atoms with Crippen molar-refractivity contribution in [3.63, 3.8) is 0 Å². The first-order chi connectivity index (χ1) is 46.2. The molecule has 0 bridgehead atoms. The van der Waals surface area contributed by atoms with Gasteiger partial charge in [0.1, 0.15) is 18.1 Å². The minimum absolute atomic E-state index is 0.0280. The Kier molecular flexibility index (Phi) is 34.9. The topological polar surface area (TPSA) is 386 Å². The van der Waals surface area contributed by atoms with Gasteiger partial charge in [0.15, 0.2) is 0 Å². The van der Waals surface area contributed by atoms with E-state index in [4.69, 9.17) is 5.73 Å². The summed E-state index contributed by atoms with van der Waals surface area (Å²) in [6.45, 7) is 10.6. The lowest BCUT2D eigenvalue weighted by Gasteiger charge is -2.61. The van der Waals surface area contributed by atoms with Gasteiger partial charge in [0.05, 0.1) is 18.2 Å². The fourth-order valence-corrected chi connectivity index (χ4v) is 16.8. The molecule has 0 radical (unpaired) electrons. The van der Waals surface area contributed by atoms with Crippen LogP contribution in [0.25, 0.3) is 0 Å². The second-order valence-corrected chi connectivity index (χ2v) is 29.1. The van der Waals surface area contributed by atoms with Gasteiger partial charge in [-0.3, -0.25) is 19.2 Å². The first-order valence-corrected chi connectivity index (χ1v) is 36.0. The summed E-state index contributed by atoms with van der Waals surface area (Å²) in [5, 5.41) is 94.5. The summed E-state index contributed by atoms with van der Waals surface area (Å²) in [7, 11) is 4.08. The molecule has 4 saturated carbocycles. The van der Waals surface area contributed by atoms with Crippen molar-refractivity contribution in [1.82, 2.24) is 41.7 Å². The fraction of sp³-hybridized carbons (Fsp3) is 0.732. The molecule has 0 heterocycles. The van der Waals surface area contributed by atoms with Crippen LogP contribution in [0.5, 0.6) is 0 Å². The summed E-state index contributed by atoms with van der Waals surface area (Å²) in [6.07, 6.45) is 18.2. The van der Waals surface area contributed by atoms with Crippen LogP contribution in [0, 0.1) is 46.3 Å². The minimum Gasteiger partial charge on any atom is -0.480 e. The number of nitrogens with two attached hydrogens (primary N) is 1. The van der Waals surface area contributed by atoms with Crippen molar-refractivity contribution in [2.45, 2.75) is 231 Å². The maximum absolute atomic E-state index is 13.1. The third kappa shape index (κ3) is 25.2. The number of aliphatic hydroxyl groups excluding tert-OH is 1. The van der Waals surface area contributed by atoms with E-state index < -0.39 is 68.3 Å². The molecule has 2 aromatic rings. The number of benzene rings is 2. The Bertz CT molecular complexity index is 2790. The highest BCUT2D eigenvalue weighted by molar-refractivity contribution is 6.59. The Hall–Kier alpha value is -5.54. The molecule has 4 aliphatic carbocycles. The highest BCUT2D eigenvalue weighted by Gasteiger charge is 2.60. The number of hydrogen-bond donors (Lipinski definition) is 15. The molecular formula is C71H119B2N9O15. The molecule has 97 heavy (non-hydrogen) atoms. The van der Waals surface area contributed by atoms with E-state index in [-0.39, 0.29) is 54.9 Å². The lowest BCUT2D eigenvalue weighted by Crippen LogP contribution is -2.54. The number of nitrogens with zero attached hydrogens (tertiary/aromatic N) is 2. The number of carboxylic acid groups (broad SMARTS) is 3. The van der Waals surface area contributed by atoms with Gasteiger partial charge in [-0.15, -0.1) is 0 Å². The van der Waals surface area contributed by atoms with Crippen LogP contribution in [-0.2, 0) is 46.7 Å². The molecule has 2 aromatic carbocycles. The summed E-state index contributed by atoms with van der Waals surface area (Å²) in [5.41, 5.74) is 8.64. The van der Waals surface area contributed by atoms with E-state index in [1.807, 2.05) is 48.2 Å². The number of unbranched alkanes of at least 4 members (excludes halogenated alkanes) is 4. The van der Waals surface area contributed by atoms with E-state index in [0.717, 1.165) is 61.5 Å². The van der Waals surface area contributed by atoms with Crippen molar-refractivity contribution in [2.75, 3.05) is 54.4 Å². The molecule has 16 N–H and O–H groups in total. The van der Waals surface area contributed by atoms with Crippen molar-refractivity contribution >= 4 is 66.7 Å². The Morgan fingerprint density at radius 2 is 1.02 bits per heavy atom. The highest BCUT2D eigenvalue weighted by Crippen LogP contribution is 2.68. The molecule has 6 rings (SSSR count). The van der Waals surface area contributed by atoms with Crippen molar-refractivity contribution in [2.24, 2.45) is 52.1 Å². The summed E-state index contributed by atoms with van der Waals surface area (Å²) < 4.78 is 0. The Labute approximate surface area is 576 Å². The normalized spacial score (nSPS) is 23.7. The number of nitrogens with one attached hydrogen (secondary N) is 6. The van der Waals surface area contributed by atoms with E-state index in [0.29, 0.717) is 137 Å². The average Bonchev–Trinajstić information content (AvgIpc) is 1.68. The molecule has 0 saturated heterocycles. The van der Waals surface area contributed by atoms with E-state index >= 15 is 0 Å². The molecule has 4 fully saturated rings. The van der Waals surface area contributed by atoms with Crippen LogP contribution in [0.3, 0.4) is 0 Å². The molecule has 10 unspecified atom stereocenters. The first-order valence-electron chi connectivity index (χ1n) is 36.0. The standard InChI is InChI=1S/C50H82BN5O10.C21H37BN4O5/c1-32(37-19-20-38-36-18-17-34-30-35(57)24-26-49(34,2)39(36)25-27-50(37,38)3)16-22-45(59)54-43(48(63)64)21-23-44(58)53-28-10-8-14-41(52-4)46(60)55-42(47(61)62)15-9-11-29-56(5)31-33-12-6-7-13-40(33)51(65)66;1-24-18(11-5-7-13-23)20(27)25-19(21(28)29)12-6-8-14-26(2)15-16-9-3-4-10-17(16)22(30)31/h6-7,12-13,32,34-39,41-43,52,57,65-66H,8-11,14-31H2,1-5H3,(H,53,58)(H,54,59)(H,55,60)(H,61,62)(H,63,64);3-4,9-10,18-19,24,30-31H,5-8,11-15,23H2,1-2H3,(H,25,27)(H,28,29)/t32?,34-,35-,36?,37?,38?,39?,41?,42?,43?,49+,50-;/m0./s1. The maximum atomic E-state index is 13.1. The zero-order valence-electron chi connectivity index (χ0n) is 59.0. The van der Waals surface area contributed by atoms with Crippen LogP contribution in [-0.4, -0.2) is 197 Å². The van der Waals surface area contributed by atoms with Crippen molar-refractivity contribution in [3.05, 3.63) is 59.7 Å². The molecule has 4 amide bonds. The van der Waals surface area contributed by atoms with Gasteiger partial charge in [-0.05, 0) is 257 Å². The molecule has 24 nitrogen and oxygen atoms in total. The van der Waals surface area contributed by atoms with Gasteiger partial charge in [0.2, 0.25) is 23.6 Å². The predicted molar refractivity (Wildman–Crippen MR) is 376 cm³/mol. The Morgan fingerprint density at radius 3 is 1.53 bits per heavy atom. The lowest BCUT2D eigenvalue weighted by molar-refractivity contribution is -0.142. The number of aliphatic carboxylic acids is 3. The van der Waals surface area contributed by atoms with Crippen LogP contribution >= 0.6 is 0 Å². The van der Waals surface area contributed by atoms with Gasteiger partial charge in [0, 0.05) is 32.5 Å². The van der Waals surface area contributed by atoms with E-state index in [1.54, 1.807) is 38.4 Å². The average molecular weight is 1360 g/mol. The molecule has 0 spiro atoms. The van der Waals surface area contributed by atoms with Gasteiger partial charge in [-0.25, -0.2) is 14.4 Å². The van der Waals surface area contributed by atoms with Gasteiger partial charge >= 0.3 is 32.1 Å². The number of amides is 4. The largest absolute Gasteiger partial charge is 0.488 e. The number of hydrogen-bond acceptors (Lipinski definition) is 17. The molecule has 4 aliphatic rings. The SMILES string of the molecule is CNC(CCCCN)C(=O)NC(CCCCN(C)Cc1ccccc1B(O)O)C(=O)O.CNC(CCCCNC(=O)CCC(NC(=O)CCC(C)C1CCC2C3CC[C@H]4C[C@@H](O)CC[C@@]4(C)C3CC[C@@]12C)C(=O)O)C(=O)NC(CCCCN(C)Cc1ccccc1B(O)O)C(=O)O. The molecule has 14 atom stereocenters. The third-order valence-electron chi connectivity index (χ3n) is 22.4. The quantitative estimate of drug-likeness (QED) is 0.0334. The van der Waals surface area contributed by atoms with Gasteiger partial charge in [-0.1, -0.05) is 75.7 Å². The third-order valence-corrected chi connectivity index (χ3v) is 22.4. The van der Waals surface area contributed by atoms with Crippen LogP contribution in [0.1, 0.15) is 192 Å². The van der Waals surface area contributed by atoms with Crippen LogP contribution in [0.4, 0.5) is 0 Å². The number of carboxylic acids is 3. The van der Waals surface area contributed by atoms with Gasteiger partial charge in [0.25, 0.3) is 0 Å². The fourth-order valence-electron chi connectivity index (χ4n) is 16.8. The molecule has 0 aromatic heterocycles.